The van der Waals surface area contributed by atoms with Crippen LogP contribution in [0.15, 0.2) is 30.6 Å². The van der Waals surface area contributed by atoms with Crippen molar-refractivity contribution in [2.45, 2.75) is 32.7 Å². The number of anilines is 4. The molecule has 4 N–H and O–H groups in total. The fraction of sp³-hybridized carbons (Fsp3) is 0.364. The number of piperidine rings is 1. The molecule has 1 aliphatic heterocycles. The van der Waals surface area contributed by atoms with E-state index >= 15 is 0 Å². The van der Waals surface area contributed by atoms with E-state index in [4.69, 9.17) is 5.11 Å². The summed E-state index contributed by atoms with van der Waals surface area (Å²) < 4.78 is 1.61. The van der Waals surface area contributed by atoms with Crippen molar-refractivity contribution < 1.29 is 14.7 Å². The lowest BCUT2D eigenvalue weighted by Crippen LogP contribution is -2.31. The van der Waals surface area contributed by atoms with Crippen LogP contribution in [0.2, 0.25) is 0 Å². The first-order valence-electron chi connectivity index (χ1n) is 10.8. The first-order valence-corrected chi connectivity index (χ1v) is 11.6. The molecule has 4 rings (SSSR count). The average molecular weight is 470 g/mol. The molecule has 10 nitrogen and oxygen atoms in total. The normalized spacial score (nSPS) is 13.6. The fourth-order valence-electron chi connectivity index (χ4n) is 3.74. The largest absolute Gasteiger partial charge is 0.476 e. The van der Waals surface area contributed by atoms with E-state index in [1.54, 1.807) is 17.8 Å². The van der Waals surface area contributed by atoms with Crippen LogP contribution < -0.4 is 20.9 Å². The number of carboxylic acids is 1. The van der Waals surface area contributed by atoms with Gasteiger partial charge in [-0.05, 0) is 43.9 Å². The Bertz CT molecular complexity index is 1150. The molecule has 1 aromatic carbocycles. The molecule has 2 amide bonds. The fourth-order valence-corrected chi connectivity index (χ4v) is 4.49. The van der Waals surface area contributed by atoms with Gasteiger partial charge in [0.15, 0.2) is 10.8 Å². The lowest BCUT2D eigenvalue weighted by Gasteiger charge is -2.30. The minimum atomic E-state index is -1.08. The number of nitrogens with one attached hydrogen (secondary N) is 3. The number of aromatic carboxylic acids is 1. The number of urea groups is 1. The van der Waals surface area contributed by atoms with Crippen LogP contribution >= 0.6 is 11.3 Å². The van der Waals surface area contributed by atoms with Gasteiger partial charge in [-0.15, -0.1) is 0 Å². The Labute approximate surface area is 195 Å². The van der Waals surface area contributed by atoms with E-state index in [0.717, 1.165) is 47.7 Å². The lowest BCUT2D eigenvalue weighted by atomic mass is 10.1. The van der Waals surface area contributed by atoms with Crippen molar-refractivity contribution in [3.8, 4) is 0 Å². The Morgan fingerprint density at radius 1 is 1.18 bits per heavy atom. The van der Waals surface area contributed by atoms with Crippen LogP contribution in [-0.4, -0.2) is 44.7 Å². The van der Waals surface area contributed by atoms with Crippen molar-refractivity contribution in [3.63, 3.8) is 0 Å². The third kappa shape index (κ3) is 5.61. The summed E-state index contributed by atoms with van der Waals surface area (Å²) in [6, 6.07) is 5.69. The molecular weight excluding hydrogens is 442 g/mol. The van der Waals surface area contributed by atoms with Gasteiger partial charge in [0.1, 0.15) is 0 Å². The van der Waals surface area contributed by atoms with Crippen molar-refractivity contribution in [3.05, 3.63) is 46.7 Å². The van der Waals surface area contributed by atoms with E-state index in [9.17, 15) is 9.59 Å². The van der Waals surface area contributed by atoms with Crippen molar-refractivity contribution in [1.82, 2.24) is 14.5 Å². The summed E-state index contributed by atoms with van der Waals surface area (Å²) in [7, 11) is 1.72. The zero-order valence-electron chi connectivity index (χ0n) is 18.6. The number of carbonyl (C=O) groups excluding carboxylic acids is 1. The highest BCUT2D eigenvalue weighted by atomic mass is 32.1. The number of benzene rings is 1. The highest BCUT2D eigenvalue weighted by Crippen LogP contribution is 2.30. The monoisotopic (exact) mass is 469 g/mol. The number of carbonyl (C=O) groups is 2. The van der Waals surface area contributed by atoms with Crippen molar-refractivity contribution in [1.29, 1.82) is 0 Å². The number of imidazole rings is 1. The van der Waals surface area contributed by atoms with E-state index in [0.29, 0.717) is 17.6 Å². The highest BCUT2D eigenvalue weighted by molar-refractivity contribution is 7.15. The van der Waals surface area contributed by atoms with E-state index in [2.05, 4.69) is 43.8 Å². The van der Waals surface area contributed by atoms with Crippen LogP contribution in [-0.2, 0) is 13.6 Å². The molecule has 0 unspecified atom stereocenters. The summed E-state index contributed by atoms with van der Waals surface area (Å²) in [5.74, 6) is -0.636. The van der Waals surface area contributed by atoms with Crippen LogP contribution in [0.5, 0.6) is 0 Å². The van der Waals surface area contributed by atoms with Crippen LogP contribution in [0.3, 0.4) is 0 Å². The minimum Gasteiger partial charge on any atom is -0.476 e. The molecule has 1 fully saturated rings. The van der Waals surface area contributed by atoms with Gasteiger partial charge in [-0.1, -0.05) is 17.4 Å². The number of thiazole rings is 1. The van der Waals surface area contributed by atoms with Gasteiger partial charge in [-0.25, -0.2) is 19.6 Å². The summed E-state index contributed by atoms with van der Waals surface area (Å²) in [5.41, 5.74) is 2.96. The first-order chi connectivity index (χ1) is 15.9. The van der Waals surface area contributed by atoms with Crippen molar-refractivity contribution >= 4 is 45.8 Å². The standard InChI is InChI=1S/C22H27N7O3S/c1-14-6-7-16(18(10-14)29-8-4-3-5-9-29)26-21(32)27-22-24-12-15(33-22)11-23-20-25-17(19(30)31)13-28(20)2/h6-7,10,12-13H,3-5,8-9,11H2,1-2H3,(H,23,25)(H,30,31)(H2,24,26,27,32). The van der Waals surface area contributed by atoms with Crippen molar-refractivity contribution in [2.24, 2.45) is 7.05 Å². The first kappa shape index (κ1) is 22.6. The highest BCUT2D eigenvalue weighted by Gasteiger charge is 2.17. The third-order valence-electron chi connectivity index (χ3n) is 5.39. The molecule has 3 aromatic rings. The van der Waals surface area contributed by atoms with Crippen LogP contribution in [0, 0.1) is 6.92 Å². The second-order valence-corrected chi connectivity index (χ2v) is 9.11. The van der Waals surface area contributed by atoms with E-state index in [1.165, 1.54) is 24.0 Å². The minimum absolute atomic E-state index is 0.0247. The van der Waals surface area contributed by atoms with E-state index in [1.807, 2.05) is 12.1 Å². The molecule has 0 aliphatic carbocycles. The van der Waals surface area contributed by atoms with Crippen LogP contribution in [0.1, 0.15) is 40.2 Å². The smallest absolute Gasteiger partial charge is 0.356 e. The van der Waals surface area contributed by atoms with E-state index < -0.39 is 5.97 Å². The second-order valence-electron chi connectivity index (χ2n) is 8.00. The topological polar surface area (TPSA) is 124 Å². The number of aryl methyl sites for hydroxylation is 2. The number of hydrogen-bond donors (Lipinski definition) is 4. The second kappa shape index (κ2) is 9.90. The van der Waals surface area contributed by atoms with Gasteiger partial charge >= 0.3 is 12.0 Å². The molecule has 0 atom stereocenters. The number of amides is 2. The zero-order valence-corrected chi connectivity index (χ0v) is 19.4. The molecule has 1 aliphatic rings. The Kier molecular flexibility index (Phi) is 6.78. The molecule has 0 bridgehead atoms. The number of nitrogens with zero attached hydrogens (tertiary/aromatic N) is 4. The summed E-state index contributed by atoms with van der Waals surface area (Å²) in [4.78, 5) is 35.2. The quantitative estimate of drug-likeness (QED) is 0.410. The molecule has 174 valence electrons. The van der Waals surface area contributed by atoms with Crippen molar-refractivity contribution in [2.75, 3.05) is 33.9 Å². The summed E-state index contributed by atoms with van der Waals surface area (Å²) in [5, 5.41) is 18.4. The maximum atomic E-state index is 12.6. The summed E-state index contributed by atoms with van der Waals surface area (Å²) >= 11 is 1.34. The molecule has 0 saturated carbocycles. The number of hydrogen-bond acceptors (Lipinski definition) is 7. The SMILES string of the molecule is Cc1ccc(NC(=O)Nc2ncc(CNc3nc(C(=O)O)cn3C)s2)c(N2CCCCC2)c1. The van der Waals surface area contributed by atoms with Gasteiger partial charge in [0.2, 0.25) is 5.95 Å². The van der Waals surface area contributed by atoms with Gasteiger partial charge in [0.05, 0.1) is 17.9 Å². The predicted molar refractivity (Wildman–Crippen MR) is 129 cm³/mol. The molecule has 0 spiro atoms. The summed E-state index contributed by atoms with van der Waals surface area (Å²) in [6.45, 7) is 4.44. The van der Waals surface area contributed by atoms with Crippen LogP contribution in [0.4, 0.5) is 27.2 Å². The number of aromatic nitrogens is 3. The Morgan fingerprint density at radius 2 is 1.97 bits per heavy atom. The van der Waals surface area contributed by atoms with Gasteiger partial charge in [-0.3, -0.25) is 5.32 Å². The molecule has 1 saturated heterocycles. The van der Waals surface area contributed by atoms with Gasteiger partial charge < -0.3 is 25.2 Å². The molecule has 11 heteroatoms. The van der Waals surface area contributed by atoms with Gasteiger partial charge in [0.25, 0.3) is 0 Å². The Balaban J connectivity index is 1.36. The molecular formula is C22H27N7O3S. The molecule has 33 heavy (non-hydrogen) atoms. The molecule has 2 aromatic heterocycles. The number of carboxylic acid groups (broad SMARTS) is 1. The van der Waals surface area contributed by atoms with Gasteiger partial charge in [-0.2, -0.15) is 0 Å². The average Bonchev–Trinajstić information content (AvgIpc) is 3.40. The summed E-state index contributed by atoms with van der Waals surface area (Å²) in [6.07, 6.45) is 6.67. The Morgan fingerprint density at radius 3 is 2.70 bits per heavy atom. The maximum absolute atomic E-state index is 12.6. The molecule has 3 heterocycles. The molecule has 0 radical (unpaired) electrons. The van der Waals surface area contributed by atoms with E-state index in [-0.39, 0.29) is 11.7 Å². The zero-order chi connectivity index (χ0) is 23.4. The Hall–Kier alpha value is -3.60. The number of rotatable bonds is 7. The third-order valence-corrected chi connectivity index (χ3v) is 6.30. The lowest BCUT2D eigenvalue weighted by molar-refractivity contribution is 0.0691. The maximum Gasteiger partial charge on any atom is 0.356 e. The predicted octanol–water partition coefficient (Wildman–Crippen LogP) is 4.13. The van der Waals surface area contributed by atoms with Gasteiger partial charge in [0, 0.05) is 37.4 Å². The van der Waals surface area contributed by atoms with Crippen LogP contribution in [0.25, 0.3) is 0 Å².